The molecular formula is C20H18N2O3S. The Kier molecular flexibility index (Phi) is 5.43. The molecule has 1 N–H and O–H groups in total. The van der Waals surface area contributed by atoms with Crippen LogP contribution >= 0.6 is 11.3 Å². The molecule has 0 spiro atoms. The number of thiazole rings is 1. The summed E-state index contributed by atoms with van der Waals surface area (Å²) in [7, 11) is 1.63. The monoisotopic (exact) mass is 366 g/mol. The second kappa shape index (κ2) is 7.93. The summed E-state index contributed by atoms with van der Waals surface area (Å²) in [5, 5.41) is 5.57. The molecule has 132 valence electrons. The Morgan fingerprint density at radius 1 is 1.08 bits per heavy atom. The topological polar surface area (TPSA) is 68.3 Å². The Labute approximate surface area is 155 Å². The standard InChI is InChI=1S/C20H18N2O3S/c1-13(23)14-3-7-16(8-4-14)21-19(24)11-17-12-26-20(22-17)15-5-9-18(25-2)10-6-15/h3-10,12H,11H2,1-2H3,(H,21,24). The summed E-state index contributed by atoms with van der Waals surface area (Å²) in [6.07, 6.45) is 0.196. The maximum atomic E-state index is 12.2. The number of hydrogen-bond acceptors (Lipinski definition) is 5. The lowest BCUT2D eigenvalue weighted by molar-refractivity contribution is -0.115. The van der Waals surface area contributed by atoms with Crippen molar-refractivity contribution in [1.29, 1.82) is 0 Å². The number of nitrogens with one attached hydrogen (secondary N) is 1. The summed E-state index contributed by atoms with van der Waals surface area (Å²) in [6, 6.07) is 14.5. The van der Waals surface area contributed by atoms with Gasteiger partial charge in [-0.2, -0.15) is 0 Å². The number of nitrogens with zero attached hydrogens (tertiary/aromatic N) is 1. The fourth-order valence-electron chi connectivity index (χ4n) is 2.41. The molecule has 0 fully saturated rings. The Hall–Kier alpha value is -2.99. The van der Waals surface area contributed by atoms with Crippen LogP contribution in [0.3, 0.4) is 0 Å². The van der Waals surface area contributed by atoms with E-state index in [1.54, 1.807) is 31.4 Å². The second-order valence-electron chi connectivity index (χ2n) is 5.73. The fraction of sp³-hybridized carbons (Fsp3) is 0.150. The van der Waals surface area contributed by atoms with Crippen LogP contribution in [-0.4, -0.2) is 23.8 Å². The molecule has 0 unspecified atom stereocenters. The molecule has 26 heavy (non-hydrogen) atoms. The number of amides is 1. The number of rotatable bonds is 6. The van der Waals surface area contributed by atoms with Crippen LogP contribution in [-0.2, 0) is 11.2 Å². The van der Waals surface area contributed by atoms with E-state index < -0.39 is 0 Å². The number of benzene rings is 2. The van der Waals surface area contributed by atoms with E-state index in [0.29, 0.717) is 11.3 Å². The first kappa shape index (κ1) is 17.8. The number of carbonyl (C=O) groups is 2. The average molecular weight is 366 g/mol. The summed E-state index contributed by atoms with van der Waals surface area (Å²) in [5.74, 6) is 0.643. The lowest BCUT2D eigenvalue weighted by Crippen LogP contribution is -2.14. The fourth-order valence-corrected chi connectivity index (χ4v) is 3.24. The van der Waals surface area contributed by atoms with Gasteiger partial charge in [-0.25, -0.2) is 4.98 Å². The van der Waals surface area contributed by atoms with E-state index in [-0.39, 0.29) is 18.1 Å². The molecule has 3 rings (SSSR count). The number of carbonyl (C=O) groups excluding carboxylic acids is 2. The van der Waals surface area contributed by atoms with Gasteiger partial charge in [0, 0.05) is 22.2 Å². The number of methoxy groups -OCH3 is 1. The van der Waals surface area contributed by atoms with Crippen LogP contribution in [0, 0.1) is 0 Å². The van der Waals surface area contributed by atoms with Gasteiger partial charge in [0.05, 0.1) is 19.2 Å². The highest BCUT2D eigenvalue weighted by atomic mass is 32.1. The smallest absolute Gasteiger partial charge is 0.230 e. The van der Waals surface area contributed by atoms with Crippen molar-refractivity contribution in [1.82, 2.24) is 4.98 Å². The summed E-state index contributed by atoms with van der Waals surface area (Å²) in [6.45, 7) is 1.51. The van der Waals surface area contributed by atoms with Crippen molar-refractivity contribution in [3.05, 3.63) is 65.2 Å². The highest BCUT2D eigenvalue weighted by Gasteiger charge is 2.10. The van der Waals surface area contributed by atoms with Gasteiger partial charge in [0.2, 0.25) is 5.91 Å². The highest BCUT2D eigenvalue weighted by molar-refractivity contribution is 7.13. The third-order valence-corrected chi connectivity index (χ3v) is 4.75. The largest absolute Gasteiger partial charge is 0.497 e. The maximum absolute atomic E-state index is 12.2. The van der Waals surface area contributed by atoms with Crippen LogP contribution in [0.25, 0.3) is 10.6 Å². The summed E-state index contributed by atoms with van der Waals surface area (Å²) < 4.78 is 5.15. The minimum atomic E-state index is -0.146. The number of ketones is 1. The van der Waals surface area contributed by atoms with Crippen LogP contribution in [0.1, 0.15) is 23.0 Å². The van der Waals surface area contributed by atoms with Gasteiger partial charge < -0.3 is 10.1 Å². The van der Waals surface area contributed by atoms with Crippen molar-refractivity contribution >= 4 is 28.7 Å². The summed E-state index contributed by atoms with van der Waals surface area (Å²) >= 11 is 1.50. The Morgan fingerprint density at radius 2 is 1.77 bits per heavy atom. The normalized spacial score (nSPS) is 10.4. The molecule has 5 nitrogen and oxygen atoms in total. The molecule has 0 saturated carbocycles. The third kappa shape index (κ3) is 4.34. The van der Waals surface area contributed by atoms with E-state index in [0.717, 1.165) is 22.0 Å². The van der Waals surface area contributed by atoms with Gasteiger partial charge in [-0.05, 0) is 55.5 Å². The molecule has 2 aromatic carbocycles. The van der Waals surface area contributed by atoms with E-state index in [4.69, 9.17) is 4.74 Å². The van der Waals surface area contributed by atoms with E-state index >= 15 is 0 Å². The van der Waals surface area contributed by atoms with Gasteiger partial charge in [0.1, 0.15) is 10.8 Å². The maximum Gasteiger partial charge on any atom is 0.230 e. The zero-order chi connectivity index (χ0) is 18.5. The molecule has 1 heterocycles. The van der Waals surface area contributed by atoms with Crippen molar-refractivity contribution < 1.29 is 14.3 Å². The zero-order valence-electron chi connectivity index (χ0n) is 14.5. The van der Waals surface area contributed by atoms with Gasteiger partial charge in [-0.3, -0.25) is 9.59 Å². The van der Waals surface area contributed by atoms with E-state index in [9.17, 15) is 9.59 Å². The molecule has 0 bridgehead atoms. The molecule has 0 aliphatic heterocycles. The molecule has 6 heteroatoms. The molecular weight excluding hydrogens is 348 g/mol. The SMILES string of the molecule is COc1ccc(-c2nc(CC(=O)Nc3ccc(C(C)=O)cc3)cs2)cc1. The molecule has 0 radical (unpaired) electrons. The number of hydrogen-bond donors (Lipinski definition) is 1. The van der Waals surface area contributed by atoms with Crippen molar-refractivity contribution in [3.8, 4) is 16.3 Å². The van der Waals surface area contributed by atoms with Crippen LogP contribution in [0.15, 0.2) is 53.9 Å². The van der Waals surface area contributed by atoms with Gasteiger partial charge >= 0.3 is 0 Å². The lowest BCUT2D eigenvalue weighted by Gasteiger charge is -2.04. The Bertz CT molecular complexity index is 915. The van der Waals surface area contributed by atoms with Crippen LogP contribution < -0.4 is 10.1 Å². The molecule has 1 aromatic heterocycles. The number of anilines is 1. The highest BCUT2D eigenvalue weighted by Crippen LogP contribution is 2.26. The van der Waals surface area contributed by atoms with Crippen LogP contribution in [0.5, 0.6) is 5.75 Å². The first-order valence-corrected chi connectivity index (χ1v) is 8.93. The molecule has 0 aliphatic carbocycles. The van der Waals surface area contributed by atoms with Crippen molar-refractivity contribution in [2.24, 2.45) is 0 Å². The predicted molar refractivity (Wildman–Crippen MR) is 103 cm³/mol. The quantitative estimate of drug-likeness (QED) is 0.664. The van der Waals surface area contributed by atoms with Gasteiger partial charge in [0.15, 0.2) is 5.78 Å². The minimum Gasteiger partial charge on any atom is -0.497 e. The van der Waals surface area contributed by atoms with E-state index in [1.807, 2.05) is 29.6 Å². The lowest BCUT2D eigenvalue weighted by atomic mass is 10.1. The third-order valence-electron chi connectivity index (χ3n) is 3.81. The number of ether oxygens (including phenoxy) is 1. The van der Waals surface area contributed by atoms with Crippen LogP contribution in [0.2, 0.25) is 0 Å². The predicted octanol–water partition coefficient (Wildman–Crippen LogP) is 4.20. The van der Waals surface area contributed by atoms with Crippen molar-refractivity contribution in [2.75, 3.05) is 12.4 Å². The second-order valence-corrected chi connectivity index (χ2v) is 6.59. The van der Waals surface area contributed by atoms with Crippen molar-refractivity contribution in [2.45, 2.75) is 13.3 Å². The molecule has 0 atom stereocenters. The zero-order valence-corrected chi connectivity index (χ0v) is 15.3. The molecule has 0 saturated heterocycles. The molecule has 0 aliphatic rings. The first-order valence-electron chi connectivity index (χ1n) is 8.05. The number of aromatic nitrogens is 1. The van der Waals surface area contributed by atoms with E-state index in [2.05, 4.69) is 10.3 Å². The van der Waals surface area contributed by atoms with E-state index in [1.165, 1.54) is 18.3 Å². The van der Waals surface area contributed by atoms with Crippen molar-refractivity contribution in [3.63, 3.8) is 0 Å². The molecule has 1 amide bonds. The Morgan fingerprint density at radius 3 is 2.38 bits per heavy atom. The van der Waals surface area contributed by atoms with Gasteiger partial charge in [0.25, 0.3) is 0 Å². The average Bonchev–Trinajstić information content (AvgIpc) is 3.10. The van der Waals surface area contributed by atoms with Crippen LogP contribution in [0.4, 0.5) is 5.69 Å². The van der Waals surface area contributed by atoms with Gasteiger partial charge in [-0.1, -0.05) is 0 Å². The van der Waals surface area contributed by atoms with Gasteiger partial charge in [-0.15, -0.1) is 11.3 Å². The summed E-state index contributed by atoms with van der Waals surface area (Å²) in [5.41, 5.74) is 2.98. The molecule has 3 aromatic rings. The summed E-state index contributed by atoms with van der Waals surface area (Å²) in [4.78, 5) is 28.0. The number of Topliss-reactive ketones (excluding diaryl/α,β-unsaturated/α-hetero) is 1. The first-order chi connectivity index (χ1) is 12.5. The minimum absolute atomic E-state index is 0.00332. The Balaban J connectivity index is 1.62.